The molecule has 0 amide bonds. The van der Waals surface area contributed by atoms with Gasteiger partial charge in [0.25, 0.3) is 0 Å². The highest BCUT2D eigenvalue weighted by atomic mass is 35.5. The van der Waals surface area contributed by atoms with Crippen molar-refractivity contribution in [2.24, 2.45) is 5.92 Å². The lowest BCUT2D eigenvalue weighted by Gasteiger charge is -2.13. The van der Waals surface area contributed by atoms with Crippen LogP contribution in [0.5, 0.6) is 0 Å². The lowest BCUT2D eigenvalue weighted by Crippen LogP contribution is -2.23. The van der Waals surface area contributed by atoms with Gasteiger partial charge in [-0.1, -0.05) is 80.6 Å². The van der Waals surface area contributed by atoms with Crippen molar-refractivity contribution in [2.75, 3.05) is 13.1 Å². The first-order chi connectivity index (χ1) is 14.9. The zero-order valence-corrected chi connectivity index (χ0v) is 19.4. The monoisotopic (exact) mass is 453 g/mol. The van der Waals surface area contributed by atoms with E-state index >= 15 is 0 Å². The summed E-state index contributed by atoms with van der Waals surface area (Å²) in [7, 11) is 0. The number of nitrogens with one attached hydrogen (secondary N) is 1. The number of carboxylic acid groups (broad SMARTS) is 1. The topological polar surface area (TPSA) is 69.6 Å². The fourth-order valence-electron chi connectivity index (χ4n) is 3.72. The summed E-state index contributed by atoms with van der Waals surface area (Å²) in [6.45, 7) is 5.51. The minimum atomic E-state index is -0.873. The van der Waals surface area contributed by atoms with E-state index in [0.29, 0.717) is 18.0 Å². The number of hydrogen-bond donors (Lipinski definition) is 3. The Kier molecular flexibility index (Phi) is 9.92. The highest BCUT2D eigenvalue weighted by Crippen LogP contribution is 2.25. The van der Waals surface area contributed by atoms with Crippen molar-refractivity contribution in [2.45, 2.75) is 32.8 Å². The number of carboxylic acids is 1. The second-order valence-electron chi connectivity index (χ2n) is 8.35. The van der Waals surface area contributed by atoms with Crippen LogP contribution in [0.25, 0.3) is 11.1 Å². The number of rotatable bonds is 10. The Hall–Kier alpha value is -2.66. The smallest absolute Gasteiger partial charge is 0.335 e. The molecule has 0 aliphatic heterocycles. The van der Waals surface area contributed by atoms with Gasteiger partial charge in [-0.3, -0.25) is 0 Å². The molecule has 5 heteroatoms. The van der Waals surface area contributed by atoms with Crippen molar-refractivity contribution in [1.29, 1.82) is 0 Å². The molecule has 0 unspecified atom stereocenters. The standard InChI is InChI=1S/C27H31NO3.ClH/c1-19(2)16-24-17-23(12-13-25(24)27(30)31)21-10-8-20(9-11-21)14-15-28-18-26(29)22-6-4-3-5-7-22;/h3-13,17,19,26,28-29H,14-16,18H2,1-2H3,(H,30,31);1H/t26-;/m0./s1. The maximum Gasteiger partial charge on any atom is 0.335 e. The summed E-state index contributed by atoms with van der Waals surface area (Å²) in [4.78, 5) is 11.5. The average Bonchev–Trinajstić information content (AvgIpc) is 2.77. The summed E-state index contributed by atoms with van der Waals surface area (Å²) in [6, 6.07) is 23.7. The number of hydrogen-bond acceptors (Lipinski definition) is 3. The van der Waals surface area contributed by atoms with Gasteiger partial charge < -0.3 is 15.5 Å². The number of carbonyl (C=O) groups is 1. The van der Waals surface area contributed by atoms with Gasteiger partial charge in [-0.25, -0.2) is 4.79 Å². The minimum absolute atomic E-state index is 0. The first-order valence-electron chi connectivity index (χ1n) is 10.8. The predicted octanol–water partition coefficient (Wildman–Crippen LogP) is 5.54. The molecular weight excluding hydrogens is 422 g/mol. The van der Waals surface area contributed by atoms with Gasteiger partial charge in [0.05, 0.1) is 11.7 Å². The van der Waals surface area contributed by atoms with Crippen molar-refractivity contribution >= 4 is 18.4 Å². The molecule has 0 aliphatic rings. The fourth-order valence-corrected chi connectivity index (χ4v) is 3.72. The minimum Gasteiger partial charge on any atom is -0.478 e. The largest absolute Gasteiger partial charge is 0.478 e. The van der Waals surface area contributed by atoms with Crippen molar-refractivity contribution < 1.29 is 15.0 Å². The van der Waals surface area contributed by atoms with Crippen LogP contribution in [0.1, 0.15) is 47.0 Å². The zero-order chi connectivity index (χ0) is 22.2. The molecule has 1 atom stereocenters. The molecule has 0 radical (unpaired) electrons. The Labute approximate surface area is 196 Å². The molecule has 0 aliphatic carbocycles. The third kappa shape index (κ3) is 7.20. The molecule has 170 valence electrons. The van der Waals surface area contributed by atoms with E-state index in [-0.39, 0.29) is 12.4 Å². The Bertz CT molecular complexity index is 988. The summed E-state index contributed by atoms with van der Waals surface area (Å²) >= 11 is 0. The number of benzene rings is 3. The van der Waals surface area contributed by atoms with Crippen LogP contribution in [-0.2, 0) is 12.8 Å². The summed E-state index contributed by atoms with van der Waals surface area (Å²) in [6.07, 6.45) is 1.12. The van der Waals surface area contributed by atoms with E-state index in [9.17, 15) is 15.0 Å². The van der Waals surface area contributed by atoms with E-state index in [1.165, 1.54) is 5.56 Å². The lowest BCUT2D eigenvalue weighted by molar-refractivity contribution is 0.0695. The van der Waals surface area contributed by atoms with Gasteiger partial charge in [0.15, 0.2) is 0 Å². The molecule has 4 nitrogen and oxygen atoms in total. The highest BCUT2D eigenvalue weighted by molar-refractivity contribution is 5.90. The van der Waals surface area contributed by atoms with Crippen LogP contribution < -0.4 is 5.32 Å². The second-order valence-corrected chi connectivity index (χ2v) is 8.35. The van der Waals surface area contributed by atoms with E-state index in [1.54, 1.807) is 6.07 Å². The average molecular weight is 454 g/mol. The molecule has 0 heterocycles. The fraction of sp³-hybridized carbons (Fsp3) is 0.296. The quantitative estimate of drug-likeness (QED) is 0.352. The molecule has 3 rings (SSSR count). The number of aliphatic hydroxyl groups is 1. The first kappa shape index (κ1) is 25.6. The van der Waals surface area contributed by atoms with Crippen LogP contribution in [0.15, 0.2) is 72.8 Å². The molecule has 32 heavy (non-hydrogen) atoms. The Balaban J connectivity index is 0.00000363. The van der Waals surface area contributed by atoms with Gasteiger partial charge in [-0.2, -0.15) is 0 Å². The maximum atomic E-state index is 11.5. The van der Waals surface area contributed by atoms with Crippen LogP contribution in [0.3, 0.4) is 0 Å². The SMILES string of the molecule is CC(C)Cc1cc(-c2ccc(CCNC[C@H](O)c3ccccc3)cc2)ccc1C(=O)O.Cl. The predicted molar refractivity (Wildman–Crippen MR) is 133 cm³/mol. The van der Waals surface area contributed by atoms with Crippen molar-refractivity contribution in [1.82, 2.24) is 5.32 Å². The van der Waals surface area contributed by atoms with E-state index in [4.69, 9.17) is 0 Å². The molecule has 3 aromatic carbocycles. The second kappa shape index (κ2) is 12.4. The lowest BCUT2D eigenvalue weighted by atomic mass is 9.93. The van der Waals surface area contributed by atoms with E-state index < -0.39 is 12.1 Å². The van der Waals surface area contributed by atoms with Gasteiger partial charge in [-0.05, 0) is 59.2 Å². The third-order valence-electron chi connectivity index (χ3n) is 5.36. The Morgan fingerprint density at radius 2 is 1.59 bits per heavy atom. The van der Waals surface area contributed by atoms with Crippen molar-refractivity contribution in [3.63, 3.8) is 0 Å². The van der Waals surface area contributed by atoms with Crippen LogP contribution in [0.2, 0.25) is 0 Å². The van der Waals surface area contributed by atoms with Crippen LogP contribution in [0.4, 0.5) is 0 Å². The molecule has 3 N–H and O–H groups in total. The highest BCUT2D eigenvalue weighted by Gasteiger charge is 2.13. The number of halogens is 1. The Morgan fingerprint density at radius 1 is 0.938 bits per heavy atom. The van der Waals surface area contributed by atoms with Gasteiger partial charge in [0.2, 0.25) is 0 Å². The van der Waals surface area contributed by atoms with Gasteiger partial charge in [0, 0.05) is 6.54 Å². The van der Waals surface area contributed by atoms with Crippen molar-refractivity contribution in [3.8, 4) is 11.1 Å². The maximum absolute atomic E-state index is 11.5. The summed E-state index contributed by atoms with van der Waals surface area (Å²) in [5, 5.41) is 23.0. The molecule has 3 aromatic rings. The van der Waals surface area contributed by atoms with Crippen LogP contribution >= 0.6 is 12.4 Å². The van der Waals surface area contributed by atoms with E-state index in [2.05, 4.69) is 43.4 Å². The zero-order valence-electron chi connectivity index (χ0n) is 18.6. The molecule has 0 bridgehead atoms. The molecule has 0 aromatic heterocycles. The summed E-state index contributed by atoms with van der Waals surface area (Å²) in [5.74, 6) is -0.480. The normalized spacial score (nSPS) is 11.8. The number of aromatic carboxylic acids is 1. The van der Waals surface area contributed by atoms with E-state index in [1.807, 2.05) is 42.5 Å². The third-order valence-corrected chi connectivity index (χ3v) is 5.36. The Morgan fingerprint density at radius 3 is 2.22 bits per heavy atom. The molecule has 0 saturated carbocycles. The molecule has 0 spiro atoms. The first-order valence-corrected chi connectivity index (χ1v) is 10.8. The van der Waals surface area contributed by atoms with Crippen molar-refractivity contribution in [3.05, 3.63) is 95.1 Å². The summed E-state index contributed by atoms with van der Waals surface area (Å²) in [5.41, 5.74) is 5.53. The molecule has 0 saturated heterocycles. The van der Waals surface area contributed by atoms with E-state index in [0.717, 1.165) is 41.6 Å². The molecule has 0 fully saturated rings. The van der Waals surface area contributed by atoms with Gasteiger partial charge in [-0.15, -0.1) is 12.4 Å². The summed E-state index contributed by atoms with van der Waals surface area (Å²) < 4.78 is 0. The van der Waals surface area contributed by atoms with Gasteiger partial charge in [0.1, 0.15) is 0 Å². The molecular formula is C27H32ClNO3. The van der Waals surface area contributed by atoms with Crippen LogP contribution in [0, 0.1) is 5.92 Å². The van der Waals surface area contributed by atoms with Crippen LogP contribution in [-0.4, -0.2) is 29.3 Å². The number of aliphatic hydroxyl groups excluding tert-OH is 1. The van der Waals surface area contributed by atoms with Gasteiger partial charge >= 0.3 is 5.97 Å².